The molecule has 3 rings (SSSR count). The third kappa shape index (κ3) is 3.87. The average molecular weight is 331 g/mol. The molecule has 0 saturated carbocycles. The van der Waals surface area contributed by atoms with Crippen LogP contribution in [-0.2, 0) is 6.42 Å². The highest BCUT2D eigenvalue weighted by atomic mass is 19.3. The van der Waals surface area contributed by atoms with E-state index in [2.05, 4.69) is 15.0 Å². The third-order valence-corrected chi connectivity index (χ3v) is 3.42. The number of alkyl halides is 2. The van der Waals surface area contributed by atoms with E-state index in [4.69, 9.17) is 0 Å². The first-order valence-corrected chi connectivity index (χ1v) is 7.37. The summed E-state index contributed by atoms with van der Waals surface area (Å²) in [6.07, 6.45) is 4.42. The Bertz CT molecular complexity index is 798. The van der Waals surface area contributed by atoms with Crippen molar-refractivity contribution in [1.82, 2.24) is 14.7 Å². The van der Waals surface area contributed by atoms with Gasteiger partial charge in [-0.05, 0) is 36.4 Å². The lowest BCUT2D eigenvalue weighted by atomic mass is 10.2. The zero-order chi connectivity index (χ0) is 16.9. The number of amides is 1. The number of fused-ring (bicyclic) bond motifs is 1. The minimum atomic E-state index is -2.88. The van der Waals surface area contributed by atoms with Gasteiger partial charge in [-0.15, -0.1) is 0 Å². The fourth-order valence-corrected chi connectivity index (χ4v) is 2.30. The summed E-state index contributed by atoms with van der Waals surface area (Å²) in [5.74, 6) is -0.256. The molecule has 124 valence electrons. The molecule has 0 atom stereocenters. The summed E-state index contributed by atoms with van der Waals surface area (Å²) in [6, 6.07) is 11.3. The second-order valence-electron chi connectivity index (χ2n) is 5.11. The van der Waals surface area contributed by atoms with Crippen LogP contribution in [0.5, 0.6) is 5.75 Å². The number of carbonyl (C=O) groups excluding carboxylic acids is 1. The highest BCUT2D eigenvalue weighted by Gasteiger charge is 2.08. The SMILES string of the molecule is O=C(NCCc1cn2ccccc2n1)c1ccc(OC(F)F)cc1. The van der Waals surface area contributed by atoms with E-state index in [-0.39, 0.29) is 11.7 Å². The number of nitrogens with zero attached hydrogens (tertiary/aromatic N) is 2. The summed E-state index contributed by atoms with van der Waals surface area (Å²) < 4.78 is 30.3. The van der Waals surface area contributed by atoms with Crippen LogP contribution >= 0.6 is 0 Å². The molecule has 0 aliphatic heterocycles. The summed E-state index contributed by atoms with van der Waals surface area (Å²) in [5, 5.41) is 2.77. The van der Waals surface area contributed by atoms with Gasteiger partial charge >= 0.3 is 6.61 Å². The lowest BCUT2D eigenvalue weighted by Gasteiger charge is -2.06. The molecular weight excluding hydrogens is 316 g/mol. The van der Waals surface area contributed by atoms with E-state index in [1.165, 1.54) is 24.3 Å². The van der Waals surface area contributed by atoms with Gasteiger partial charge in [-0.3, -0.25) is 4.79 Å². The molecule has 2 aromatic heterocycles. The monoisotopic (exact) mass is 331 g/mol. The Hall–Kier alpha value is -2.96. The van der Waals surface area contributed by atoms with Crippen molar-refractivity contribution >= 4 is 11.6 Å². The van der Waals surface area contributed by atoms with Crippen molar-refractivity contribution in [1.29, 1.82) is 0 Å². The number of pyridine rings is 1. The van der Waals surface area contributed by atoms with Gasteiger partial charge in [0.25, 0.3) is 5.91 Å². The Labute approximate surface area is 136 Å². The molecule has 0 saturated heterocycles. The summed E-state index contributed by atoms with van der Waals surface area (Å²) in [7, 11) is 0. The van der Waals surface area contributed by atoms with Crippen molar-refractivity contribution in [3.05, 3.63) is 66.1 Å². The van der Waals surface area contributed by atoms with Crippen molar-refractivity contribution in [3.8, 4) is 5.75 Å². The van der Waals surface area contributed by atoms with Crippen LogP contribution in [0.3, 0.4) is 0 Å². The molecule has 24 heavy (non-hydrogen) atoms. The van der Waals surface area contributed by atoms with E-state index < -0.39 is 6.61 Å². The number of hydrogen-bond acceptors (Lipinski definition) is 3. The van der Waals surface area contributed by atoms with Crippen molar-refractivity contribution < 1.29 is 18.3 Å². The minimum absolute atomic E-state index is 0.0197. The highest BCUT2D eigenvalue weighted by molar-refractivity contribution is 5.94. The van der Waals surface area contributed by atoms with Gasteiger partial charge in [0.1, 0.15) is 11.4 Å². The van der Waals surface area contributed by atoms with Crippen molar-refractivity contribution in [2.75, 3.05) is 6.54 Å². The van der Waals surface area contributed by atoms with Gasteiger partial charge < -0.3 is 14.5 Å². The average Bonchev–Trinajstić information content (AvgIpc) is 2.97. The third-order valence-electron chi connectivity index (χ3n) is 3.42. The van der Waals surface area contributed by atoms with Gasteiger partial charge in [0.05, 0.1) is 5.69 Å². The number of hydrogen-bond donors (Lipinski definition) is 1. The second-order valence-corrected chi connectivity index (χ2v) is 5.11. The first-order chi connectivity index (χ1) is 11.6. The Kier molecular flexibility index (Phi) is 4.69. The Morgan fingerprint density at radius 1 is 1.21 bits per heavy atom. The first-order valence-electron chi connectivity index (χ1n) is 7.37. The zero-order valence-corrected chi connectivity index (χ0v) is 12.7. The fraction of sp³-hybridized carbons (Fsp3) is 0.176. The smallest absolute Gasteiger partial charge is 0.387 e. The predicted octanol–water partition coefficient (Wildman–Crippen LogP) is 2.91. The molecule has 1 N–H and O–H groups in total. The number of halogens is 2. The minimum Gasteiger partial charge on any atom is -0.435 e. The standard InChI is InChI=1S/C17H15F2N3O2/c18-17(19)24-14-6-4-12(5-7-14)16(23)20-9-8-13-11-22-10-2-1-3-15(22)21-13/h1-7,10-11,17H,8-9H2,(H,20,23). The summed E-state index contributed by atoms with van der Waals surface area (Å²) in [5.41, 5.74) is 2.11. The second kappa shape index (κ2) is 7.08. The Balaban J connectivity index is 1.53. The van der Waals surface area contributed by atoms with Crippen LogP contribution in [0.25, 0.3) is 5.65 Å². The van der Waals surface area contributed by atoms with Crippen LogP contribution in [0, 0.1) is 0 Å². The van der Waals surface area contributed by atoms with Crippen LogP contribution in [0.1, 0.15) is 16.1 Å². The van der Waals surface area contributed by atoms with Gasteiger partial charge in [0.2, 0.25) is 0 Å². The van der Waals surface area contributed by atoms with Gasteiger partial charge in [0.15, 0.2) is 0 Å². The molecule has 3 aromatic rings. The van der Waals surface area contributed by atoms with E-state index in [1.807, 2.05) is 35.0 Å². The molecule has 2 heterocycles. The Morgan fingerprint density at radius 2 is 2.00 bits per heavy atom. The number of imidazole rings is 1. The van der Waals surface area contributed by atoms with E-state index >= 15 is 0 Å². The van der Waals surface area contributed by atoms with Gasteiger partial charge in [-0.1, -0.05) is 6.07 Å². The van der Waals surface area contributed by atoms with E-state index in [1.54, 1.807) is 0 Å². The summed E-state index contributed by atoms with van der Waals surface area (Å²) in [4.78, 5) is 16.5. The van der Waals surface area contributed by atoms with Crippen LogP contribution in [-0.4, -0.2) is 28.4 Å². The molecule has 0 bridgehead atoms. The van der Waals surface area contributed by atoms with Gasteiger partial charge in [-0.2, -0.15) is 8.78 Å². The molecule has 0 aliphatic carbocycles. The predicted molar refractivity (Wildman–Crippen MR) is 84.3 cm³/mol. The summed E-state index contributed by atoms with van der Waals surface area (Å²) >= 11 is 0. The van der Waals surface area contributed by atoms with Crippen LogP contribution in [0.2, 0.25) is 0 Å². The number of carbonyl (C=O) groups is 1. The highest BCUT2D eigenvalue weighted by Crippen LogP contribution is 2.14. The zero-order valence-electron chi connectivity index (χ0n) is 12.7. The fourth-order valence-electron chi connectivity index (χ4n) is 2.30. The van der Waals surface area contributed by atoms with Crippen LogP contribution in [0.15, 0.2) is 54.9 Å². The van der Waals surface area contributed by atoms with E-state index in [0.29, 0.717) is 18.5 Å². The van der Waals surface area contributed by atoms with E-state index in [0.717, 1.165) is 11.3 Å². The number of aromatic nitrogens is 2. The molecule has 7 heteroatoms. The van der Waals surface area contributed by atoms with Gasteiger partial charge in [0, 0.05) is 30.9 Å². The molecule has 0 unspecified atom stereocenters. The normalized spacial score (nSPS) is 11.0. The quantitative estimate of drug-likeness (QED) is 0.756. The van der Waals surface area contributed by atoms with Crippen LogP contribution < -0.4 is 10.1 Å². The van der Waals surface area contributed by atoms with E-state index in [9.17, 15) is 13.6 Å². The van der Waals surface area contributed by atoms with Crippen molar-refractivity contribution in [2.45, 2.75) is 13.0 Å². The molecule has 0 spiro atoms. The van der Waals surface area contributed by atoms with Crippen LogP contribution in [0.4, 0.5) is 8.78 Å². The van der Waals surface area contributed by atoms with Crippen molar-refractivity contribution in [2.24, 2.45) is 0 Å². The first kappa shape index (κ1) is 15.9. The molecule has 0 radical (unpaired) electrons. The van der Waals surface area contributed by atoms with Gasteiger partial charge in [-0.25, -0.2) is 4.98 Å². The topological polar surface area (TPSA) is 55.6 Å². The maximum absolute atomic E-state index is 12.1. The molecule has 0 aliphatic rings. The number of nitrogens with one attached hydrogen (secondary N) is 1. The molecule has 5 nitrogen and oxygen atoms in total. The molecule has 1 aromatic carbocycles. The molecule has 1 amide bonds. The molecular formula is C17H15F2N3O2. The lowest BCUT2D eigenvalue weighted by molar-refractivity contribution is -0.0498. The maximum Gasteiger partial charge on any atom is 0.387 e. The number of benzene rings is 1. The lowest BCUT2D eigenvalue weighted by Crippen LogP contribution is -2.25. The van der Waals surface area contributed by atoms with Crippen molar-refractivity contribution in [3.63, 3.8) is 0 Å². The largest absolute Gasteiger partial charge is 0.435 e. The maximum atomic E-state index is 12.1. The number of rotatable bonds is 6. The molecule has 0 fully saturated rings. The summed E-state index contributed by atoms with van der Waals surface area (Å²) in [6.45, 7) is -2.45. The Morgan fingerprint density at radius 3 is 2.71 bits per heavy atom. The number of ether oxygens (including phenoxy) is 1.